The smallest absolute Gasteiger partial charge is 0.222 e. The lowest BCUT2D eigenvalue weighted by molar-refractivity contribution is -0.133. The molecule has 0 unspecified atom stereocenters. The number of amides is 1. The van der Waals surface area contributed by atoms with Crippen LogP contribution in [-0.4, -0.2) is 40.2 Å². The summed E-state index contributed by atoms with van der Waals surface area (Å²) in [5.74, 6) is 0.288. The molecule has 3 aromatic rings. The van der Waals surface area contributed by atoms with E-state index in [1.165, 1.54) is 11.1 Å². The number of likely N-dealkylation sites (tertiary alicyclic amines) is 1. The third-order valence-corrected chi connectivity index (χ3v) is 5.74. The van der Waals surface area contributed by atoms with Gasteiger partial charge in [-0.1, -0.05) is 42.5 Å². The fourth-order valence-corrected chi connectivity index (χ4v) is 4.00. The lowest BCUT2D eigenvalue weighted by Crippen LogP contribution is -2.39. The number of carbonyl (C=O) groups excluding carboxylic acids is 1. The van der Waals surface area contributed by atoms with E-state index >= 15 is 0 Å². The molecule has 0 spiro atoms. The van der Waals surface area contributed by atoms with Crippen LogP contribution in [0.25, 0.3) is 16.9 Å². The van der Waals surface area contributed by atoms with Crippen molar-refractivity contribution in [3.05, 3.63) is 71.4 Å². The maximum absolute atomic E-state index is 12.0. The normalized spacial score (nSPS) is 14.3. The first kappa shape index (κ1) is 20.4. The van der Waals surface area contributed by atoms with Gasteiger partial charge in [0.2, 0.25) is 5.91 Å². The molecular formula is C25H30N4O. The van der Waals surface area contributed by atoms with Crippen molar-refractivity contribution in [1.29, 1.82) is 0 Å². The molecule has 156 valence electrons. The van der Waals surface area contributed by atoms with Crippen LogP contribution >= 0.6 is 0 Å². The summed E-state index contributed by atoms with van der Waals surface area (Å²) < 4.78 is 2.00. The maximum Gasteiger partial charge on any atom is 0.222 e. The minimum absolute atomic E-state index is 0.288. The number of rotatable bonds is 7. The minimum Gasteiger partial charge on any atom is -0.341 e. The Kier molecular flexibility index (Phi) is 6.29. The van der Waals surface area contributed by atoms with E-state index in [0.29, 0.717) is 6.42 Å². The Hall–Kier alpha value is -2.92. The molecule has 1 aromatic heterocycles. The largest absolute Gasteiger partial charge is 0.341 e. The van der Waals surface area contributed by atoms with Crippen LogP contribution in [-0.2, 0) is 11.3 Å². The molecule has 0 radical (unpaired) electrons. The predicted octanol–water partition coefficient (Wildman–Crippen LogP) is 4.26. The van der Waals surface area contributed by atoms with E-state index in [1.807, 2.05) is 27.8 Å². The molecule has 4 rings (SSSR count). The van der Waals surface area contributed by atoms with Crippen molar-refractivity contribution in [3.63, 3.8) is 0 Å². The van der Waals surface area contributed by atoms with E-state index in [4.69, 9.17) is 5.10 Å². The fourth-order valence-electron chi connectivity index (χ4n) is 4.00. The number of piperidine rings is 1. The second-order valence-corrected chi connectivity index (χ2v) is 8.12. The van der Waals surface area contributed by atoms with Gasteiger partial charge in [-0.25, -0.2) is 4.68 Å². The molecule has 5 nitrogen and oxygen atoms in total. The Morgan fingerprint density at radius 3 is 2.70 bits per heavy atom. The van der Waals surface area contributed by atoms with Crippen molar-refractivity contribution in [2.45, 2.75) is 39.7 Å². The summed E-state index contributed by atoms with van der Waals surface area (Å²) >= 11 is 0. The Morgan fingerprint density at radius 2 is 1.90 bits per heavy atom. The first-order chi connectivity index (χ1) is 14.6. The predicted molar refractivity (Wildman–Crippen MR) is 121 cm³/mol. The summed E-state index contributed by atoms with van der Waals surface area (Å²) in [6.07, 6.45) is 4.97. The van der Waals surface area contributed by atoms with E-state index in [2.05, 4.69) is 55.7 Å². The molecule has 1 fully saturated rings. The fraction of sp³-hybridized carbons (Fsp3) is 0.360. The molecule has 1 amide bonds. The van der Waals surface area contributed by atoms with Crippen molar-refractivity contribution in [2.75, 3.05) is 19.6 Å². The number of aromatic nitrogens is 2. The SMILES string of the molecule is Cc1ccc(C)c(-n2cc(CNCCN3CCCCC3=O)c(-c3ccccc3)n2)c1. The molecule has 1 saturated heterocycles. The van der Waals surface area contributed by atoms with Gasteiger partial charge < -0.3 is 10.2 Å². The highest BCUT2D eigenvalue weighted by Crippen LogP contribution is 2.25. The molecule has 2 heterocycles. The summed E-state index contributed by atoms with van der Waals surface area (Å²) in [6, 6.07) is 16.8. The molecular weight excluding hydrogens is 372 g/mol. The summed E-state index contributed by atoms with van der Waals surface area (Å²) in [7, 11) is 0. The van der Waals surface area contributed by atoms with Crippen molar-refractivity contribution in [1.82, 2.24) is 20.0 Å². The first-order valence-corrected chi connectivity index (χ1v) is 10.8. The van der Waals surface area contributed by atoms with Crippen LogP contribution in [0.15, 0.2) is 54.7 Å². The second kappa shape index (κ2) is 9.26. The molecule has 1 aliphatic heterocycles. The average Bonchev–Trinajstić information content (AvgIpc) is 3.19. The summed E-state index contributed by atoms with van der Waals surface area (Å²) in [4.78, 5) is 14.0. The van der Waals surface area contributed by atoms with E-state index < -0.39 is 0 Å². The highest BCUT2D eigenvalue weighted by Gasteiger charge is 2.17. The minimum atomic E-state index is 0.288. The Labute approximate surface area is 178 Å². The zero-order chi connectivity index (χ0) is 20.9. The van der Waals surface area contributed by atoms with Crippen LogP contribution in [0.1, 0.15) is 36.0 Å². The van der Waals surface area contributed by atoms with Gasteiger partial charge in [0.1, 0.15) is 0 Å². The quantitative estimate of drug-likeness (QED) is 0.601. The van der Waals surface area contributed by atoms with Gasteiger partial charge in [0.05, 0.1) is 11.4 Å². The standard InChI is InChI=1S/C25H30N4O/c1-19-11-12-20(2)23(16-19)29-18-22(25(27-29)21-8-4-3-5-9-21)17-26-13-15-28-14-7-6-10-24(28)30/h3-5,8-9,11-12,16,18,26H,6-7,10,13-15,17H2,1-2H3. The maximum atomic E-state index is 12.0. The Balaban J connectivity index is 1.53. The van der Waals surface area contributed by atoms with E-state index in [-0.39, 0.29) is 5.91 Å². The highest BCUT2D eigenvalue weighted by molar-refractivity contribution is 5.76. The van der Waals surface area contributed by atoms with Gasteiger partial charge in [-0.05, 0) is 43.9 Å². The van der Waals surface area contributed by atoms with E-state index in [9.17, 15) is 4.79 Å². The number of nitrogens with one attached hydrogen (secondary N) is 1. The highest BCUT2D eigenvalue weighted by atomic mass is 16.2. The van der Waals surface area contributed by atoms with Crippen molar-refractivity contribution < 1.29 is 4.79 Å². The van der Waals surface area contributed by atoms with Gasteiger partial charge >= 0.3 is 0 Å². The van der Waals surface area contributed by atoms with Gasteiger partial charge in [-0.15, -0.1) is 0 Å². The zero-order valence-corrected chi connectivity index (χ0v) is 17.9. The van der Waals surface area contributed by atoms with Crippen LogP contribution in [0.4, 0.5) is 0 Å². The Morgan fingerprint density at radius 1 is 1.07 bits per heavy atom. The van der Waals surface area contributed by atoms with Crippen LogP contribution in [0.3, 0.4) is 0 Å². The molecule has 0 saturated carbocycles. The van der Waals surface area contributed by atoms with Crippen LogP contribution in [0.2, 0.25) is 0 Å². The molecule has 0 atom stereocenters. The third-order valence-electron chi connectivity index (χ3n) is 5.74. The van der Waals surface area contributed by atoms with Gasteiger partial charge in [-0.2, -0.15) is 5.10 Å². The summed E-state index contributed by atoms with van der Waals surface area (Å²) in [5.41, 5.74) is 6.80. The third kappa shape index (κ3) is 4.62. The lowest BCUT2D eigenvalue weighted by Gasteiger charge is -2.26. The Bertz CT molecular complexity index is 1010. The number of carbonyl (C=O) groups is 1. The van der Waals surface area contributed by atoms with E-state index in [1.54, 1.807) is 0 Å². The number of hydrogen-bond acceptors (Lipinski definition) is 3. The van der Waals surface area contributed by atoms with Crippen molar-refractivity contribution >= 4 is 5.91 Å². The second-order valence-electron chi connectivity index (χ2n) is 8.12. The van der Waals surface area contributed by atoms with Crippen LogP contribution in [0.5, 0.6) is 0 Å². The number of hydrogen-bond donors (Lipinski definition) is 1. The summed E-state index contributed by atoms with van der Waals surface area (Å²) in [6.45, 7) is 7.39. The molecule has 1 N–H and O–H groups in total. The molecule has 0 bridgehead atoms. The first-order valence-electron chi connectivity index (χ1n) is 10.8. The molecule has 2 aromatic carbocycles. The van der Waals surface area contributed by atoms with Gasteiger partial charge in [0.15, 0.2) is 0 Å². The number of nitrogens with zero attached hydrogens (tertiary/aromatic N) is 3. The van der Waals surface area contributed by atoms with Crippen molar-refractivity contribution in [2.24, 2.45) is 0 Å². The lowest BCUT2D eigenvalue weighted by atomic mass is 10.1. The van der Waals surface area contributed by atoms with Gasteiger partial charge in [0.25, 0.3) is 0 Å². The van der Waals surface area contributed by atoms with Gasteiger partial charge in [0, 0.05) is 49.9 Å². The molecule has 30 heavy (non-hydrogen) atoms. The van der Waals surface area contributed by atoms with Crippen molar-refractivity contribution in [3.8, 4) is 16.9 Å². The molecule has 5 heteroatoms. The monoisotopic (exact) mass is 402 g/mol. The number of benzene rings is 2. The zero-order valence-electron chi connectivity index (χ0n) is 17.9. The van der Waals surface area contributed by atoms with E-state index in [0.717, 1.165) is 61.5 Å². The summed E-state index contributed by atoms with van der Waals surface area (Å²) in [5, 5.41) is 8.47. The average molecular weight is 403 g/mol. The number of aryl methyl sites for hydroxylation is 2. The topological polar surface area (TPSA) is 50.2 Å². The van der Waals surface area contributed by atoms with Crippen LogP contribution < -0.4 is 5.32 Å². The molecule has 0 aliphatic carbocycles. The van der Waals surface area contributed by atoms with Crippen LogP contribution in [0, 0.1) is 13.8 Å². The van der Waals surface area contributed by atoms with Gasteiger partial charge in [-0.3, -0.25) is 4.79 Å². The molecule has 1 aliphatic rings.